The molecule has 1 aromatic rings. The van der Waals surface area contributed by atoms with Gasteiger partial charge >= 0.3 is 5.97 Å². The number of nitro groups is 1. The van der Waals surface area contributed by atoms with Crippen LogP contribution in [0.4, 0.5) is 5.69 Å². The van der Waals surface area contributed by atoms with Crippen LogP contribution in [-0.4, -0.2) is 66.9 Å². The Hall–Kier alpha value is -2.48. The second-order valence-electron chi connectivity index (χ2n) is 5.81. The maximum atomic E-state index is 12.7. The molecule has 8 heteroatoms. The van der Waals surface area contributed by atoms with Crippen molar-refractivity contribution >= 4 is 17.6 Å². The smallest absolute Gasteiger partial charge is 0.307 e. The minimum absolute atomic E-state index is 0.0937. The number of hydrogen-bond donors (Lipinski definition) is 0. The van der Waals surface area contributed by atoms with E-state index in [1.165, 1.54) is 18.2 Å². The van der Waals surface area contributed by atoms with Gasteiger partial charge in [-0.2, -0.15) is 0 Å². The van der Waals surface area contributed by atoms with E-state index >= 15 is 0 Å². The molecule has 0 spiro atoms. The lowest BCUT2D eigenvalue weighted by Crippen LogP contribution is -2.35. The van der Waals surface area contributed by atoms with Crippen LogP contribution >= 0.6 is 0 Å². The first-order valence-electron chi connectivity index (χ1n) is 8.19. The summed E-state index contributed by atoms with van der Waals surface area (Å²) in [5, 5.41) is 10.9. The summed E-state index contributed by atoms with van der Waals surface area (Å²) in [4.78, 5) is 38.2. The molecule has 0 aromatic heterocycles. The van der Waals surface area contributed by atoms with Crippen LogP contribution in [0.1, 0.15) is 30.1 Å². The summed E-state index contributed by atoms with van der Waals surface area (Å²) in [6, 6.07) is 5.62. The van der Waals surface area contributed by atoms with Crippen molar-refractivity contribution in [3.05, 3.63) is 39.9 Å². The van der Waals surface area contributed by atoms with Crippen LogP contribution < -0.4 is 0 Å². The highest BCUT2D eigenvalue weighted by molar-refractivity contribution is 5.95. The van der Waals surface area contributed by atoms with Crippen molar-refractivity contribution < 1.29 is 19.2 Å². The molecular weight excluding hydrogens is 326 g/mol. The van der Waals surface area contributed by atoms with Crippen molar-refractivity contribution in [1.29, 1.82) is 0 Å². The first-order valence-corrected chi connectivity index (χ1v) is 8.19. The minimum Gasteiger partial charge on any atom is -0.466 e. The molecule has 0 saturated heterocycles. The summed E-state index contributed by atoms with van der Waals surface area (Å²) in [6.45, 7) is 3.48. The van der Waals surface area contributed by atoms with Gasteiger partial charge < -0.3 is 14.5 Å². The Morgan fingerprint density at radius 1 is 1.20 bits per heavy atom. The molecule has 0 aliphatic rings. The molecule has 0 atom stereocenters. The van der Waals surface area contributed by atoms with Gasteiger partial charge in [-0.25, -0.2) is 0 Å². The molecule has 25 heavy (non-hydrogen) atoms. The lowest BCUT2D eigenvalue weighted by Gasteiger charge is -2.23. The van der Waals surface area contributed by atoms with E-state index in [0.717, 1.165) is 13.0 Å². The van der Waals surface area contributed by atoms with Crippen molar-refractivity contribution in [2.75, 3.05) is 40.3 Å². The molecule has 0 fully saturated rings. The summed E-state index contributed by atoms with van der Waals surface area (Å²) < 4.78 is 4.90. The van der Waals surface area contributed by atoms with Crippen LogP contribution in [0.25, 0.3) is 0 Å². The average Bonchev–Trinajstić information content (AvgIpc) is 2.57. The third kappa shape index (κ3) is 7.30. The summed E-state index contributed by atoms with van der Waals surface area (Å²) in [5.74, 6) is -0.696. The number of carbonyl (C=O) groups is 2. The molecule has 0 N–H and O–H groups in total. The van der Waals surface area contributed by atoms with E-state index in [0.29, 0.717) is 6.54 Å². The van der Waals surface area contributed by atoms with Crippen LogP contribution in [0, 0.1) is 10.1 Å². The third-order valence-electron chi connectivity index (χ3n) is 3.52. The van der Waals surface area contributed by atoms with E-state index in [1.54, 1.807) is 17.9 Å². The Labute approximate surface area is 147 Å². The number of amides is 1. The SMILES string of the molecule is CCOC(=O)CCN(CCCN(C)C)C(=O)c1cccc([N+](=O)[O-])c1. The summed E-state index contributed by atoms with van der Waals surface area (Å²) in [6.07, 6.45) is 0.826. The van der Waals surface area contributed by atoms with Crippen molar-refractivity contribution in [1.82, 2.24) is 9.80 Å². The van der Waals surface area contributed by atoms with Crippen LogP contribution in [0.3, 0.4) is 0 Å². The number of hydrogen-bond acceptors (Lipinski definition) is 6. The molecule has 0 bridgehead atoms. The molecule has 138 valence electrons. The third-order valence-corrected chi connectivity index (χ3v) is 3.52. The van der Waals surface area contributed by atoms with Crippen LogP contribution in [0.2, 0.25) is 0 Å². The zero-order chi connectivity index (χ0) is 18.8. The molecule has 0 radical (unpaired) electrons. The standard InChI is InChI=1S/C17H25N3O5/c1-4-25-16(21)9-12-19(11-6-10-18(2)3)17(22)14-7-5-8-15(13-14)20(23)24/h5,7-8,13H,4,6,9-12H2,1-3H3. The predicted octanol–water partition coefficient (Wildman–Crippen LogP) is 1.94. The largest absolute Gasteiger partial charge is 0.466 e. The average molecular weight is 351 g/mol. The van der Waals surface area contributed by atoms with Gasteiger partial charge in [0.1, 0.15) is 0 Å². The maximum Gasteiger partial charge on any atom is 0.307 e. The van der Waals surface area contributed by atoms with E-state index in [1.807, 2.05) is 19.0 Å². The lowest BCUT2D eigenvalue weighted by molar-refractivity contribution is -0.384. The molecule has 1 amide bonds. The van der Waals surface area contributed by atoms with Crippen LogP contribution in [0.5, 0.6) is 0 Å². The normalized spacial score (nSPS) is 10.6. The zero-order valence-corrected chi connectivity index (χ0v) is 14.9. The Balaban J connectivity index is 2.84. The fourth-order valence-electron chi connectivity index (χ4n) is 2.29. The molecule has 0 aliphatic heterocycles. The van der Waals surface area contributed by atoms with Crippen molar-refractivity contribution in [3.8, 4) is 0 Å². The van der Waals surface area contributed by atoms with Gasteiger partial charge in [-0.05, 0) is 40.1 Å². The number of benzene rings is 1. The van der Waals surface area contributed by atoms with Gasteiger partial charge in [-0.15, -0.1) is 0 Å². The predicted molar refractivity (Wildman–Crippen MR) is 93.4 cm³/mol. The van der Waals surface area contributed by atoms with Gasteiger partial charge in [-0.1, -0.05) is 6.07 Å². The van der Waals surface area contributed by atoms with Crippen molar-refractivity contribution in [2.45, 2.75) is 19.8 Å². The Morgan fingerprint density at radius 3 is 2.52 bits per heavy atom. The van der Waals surface area contributed by atoms with E-state index in [9.17, 15) is 19.7 Å². The highest BCUT2D eigenvalue weighted by Crippen LogP contribution is 2.15. The highest BCUT2D eigenvalue weighted by Gasteiger charge is 2.19. The van der Waals surface area contributed by atoms with Crippen LogP contribution in [0.15, 0.2) is 24.3 Å². The fourth-order valence-corrected chi connectivity index (χ4v) is 2.29. The topological polar surface area (TPSA) is 93.0 Å². The molecule has 0 heterocycles. The number of esters is 1. The molecule has 0 saturated carbocycles. The summed E-state index contributed by atoms with van der Waals surface area (Å²) >= 11 is 0. The molecule has 1 aromatic carbocycles. The first kappa shape index (κ1) is 20.6. The van der Waals surface area contributed by atoms with Crippen molar-refractivity contribution in [2.24, 2.45) is 0 Å². The van der Waals surface area contributed by atoms with Crippen LogP contribution in [-0.2, 0) is 9.53 Å². The summed E-state index contributed by atoms with van der Waals surface area (Å²) in [5.41, 5.74) is 0.104. The Kier molecular flexibility index (Phi) is 8.55. The number of rotatable bonds is 10. The molecule has 8 nitrogen and oxygen atoms in total. The lowest BCUT2D eigenvalue weighted by atomic mass is 10.1. The van der Waals surface area contributed by atoms with E-state index in [4.69, 9.17) is 4.74 Å². The molecule has 0 unspecified atom stereocenters. The monoisotopic (exact) mass is 351 g/mol. The first-order chi connectivity index (χ1) is 11.8. The second kappa shape index (κ2) is 10.4. The van der Waals surface area contributed by atoms with E-state index in [-0.39, 0.29) is 42.7 Å². The number of nitrogens with zero attached hydrogens (tertiary/aromatic N) is 3. The van der Waals surface area contributed by atoms with Gasteiger partial charge in [-0.3, -0.25) is 19.7 Å². The van der Waals surface area contributed by atoms with Gasteiger partial charge in [0.15, 0.2) is 0 Å². The van der Waals surface area contributed by atoms with E-state index < -0.39 is 4.92 Å². The summed E-state index contributed by atoms with van der Waals surface area (Å²) in [7, 11) is 3.87. The van der Waals surface area contributed by atoms with Gasteiger partial charge in [0, 0.05) is 30.8 Å². The molecular formula is C17H25N3O5. The minimum atomic E-state index is -0.536. The quantitative estimate of drug-likeness (QED) is 0.363. The zero-order valence-electron chi connectivity index (χ0n) is 14.9. The molecule has 0 aliphatic carbocycles. The van der Waals surface area contributed by atoms with Gasteiger partial charge in [0.05, 0.1) is 18.0 Å². The Bertz CT molecular complexity index is 604. The Morgan fingerprint density at radius 2 is 1.92 bits per heavy atom. The highest BCUT2D eigenvalue weighted by atomic mass is 16.6. The maximum absolute atomic E-state index is 12.7. The number of ether oxygens (including phenoxy) is 1. The number of non-ortho nitro benzene ring substituents is 1. The van der Waals surface area contributed by atoms with Gasteiger partial charge in [0.25, 0.3) is 11.6 Å². The number of nitro benzene ring substituents is 1. The van der Waals surface area contributed by atoms with Gasteiger partial charge in [0.2, 0.25) is 0 Å². The number of carbonyl (C=O) groups excluding carboxylic acids is 2. The van der Waals surface area contributed by atoms with Crippen molar-refractivity contribution in [3.63, 3.8) is 0 Å². The fraction of sp³-hybridized carbons (Fsp3) is 0.529. The van der Waals surface area contributed by atoms with E-state index in [2.05, 4.69) is 0 Å². The second-order valence-corrected chi connectivity index (χ2v) is 5.81. The molecule has 1 rings (SSSR count).